The Labute approximate surface area is 139 Å². The smallest absolute Gasteiger partial charge is 0.314 e. The zero-order chi connectivity index (χ0) is 14.8. The molecule has 1 aromatic carbocycles. The van der Waals surface area contributed by atoms with E-state index in [4.69, 9.17) is 0 Å². The molecule has 2 nitrogen and oxygen atoms in total. The summed E-state index contributed by atoms with van der Waals surface area (Å²) >= 11 is 0. The van der Waals surface area contributed by atoms with Crippen LogP contribution >= 0.6 is 24.8 Å². The van der Waals surface area contributed by atoms with E-state index in [2.05, 4.69) is 11.9 Å². The fourth-order valence-corrected chi connectivity index (χ4v) is 2.38. The Bertz CT molecular complexity index is 488. The average molecular weight is 361 g/mol. The van der Waals surface area contributed by atoms with Crippen LogP contribution in [0.3, 0.4) is 0 Å². The van der Waals surface area contributed by atoms with Crippen molar-refractivity contribution in [3.8, 4) is 0 Å². The van der Waals surface area contributed by atoms with Gasteiger partial charge in [0, 0.05) is 31.7 Å². The van der Waals surface area contributed by atoms with Crippen molar-refractivity contribution in [2.24, 2.45) is 0 Å². The summed E-state index contributed by atoms with van der Waals surface area (Å²) in [5.74, 6) is -0.638. The maximum Gasteiger partial charge on any atom is 0.416 e. The predicted molar refractivity (Wildman–Crippen MR) is 83.3 cm³/mol. The van der Waals surface area contributed by atoms with Crippen LogP contribution in [-0.2, 0) is 6.18 Å². The molecule has 22 heavy (non-hydrogen) atoms. The van der Waals surface area contributed by atoms with Gasteiger partial charge in [0.15, 0.2) is 0 Å². The highest BCUT2D eigenvalue weighted by Gasteiger charge is 2.32. The van der Waals surface area contributed by atoms with Crippen LogP contribution in [0.15, 0.2) is 30.9 Å². The number of hydrogen-bond donors (Lipinski definition) is 1. The molecule has 1 aliphatic heterocycles. The van der Waals surface area contributed by atoms with E-state index in [0.29, 0.717) is 13.1 Å². The molecular weight excluding hydrogens is 343 g/mol. The van der Waals surface area contributed by atoms with E-state index in [1.165, 1.54) is 6.08 Å². The fraction of sp³-hybridized carbons (Fsp3) is 0.429. The Morgan fingerprint density at radius 1 is 1.18 bits per heavy atom. The van der Waals surface area contributed by atoms with E-state index in [1.54, 1.807) is 0 Å². The maximum absolute atomic E-state index is 13.9. The second-order valence-electron chi connectivity index (χ2n) is 4.70. The highest BCUT2D eigenvalue weighted by Crippen LogP contribution is 2.33. The molecule has 1 atom stereocenters. The Morgan fingerprint density at radius 3 is 2.27 bits per heavy atom. The number of halogens is 6. The molecule has 1 N–H and O–H groups in total. The maximum atomic E-state index is 13.9. The van der Waals surface area contributed by atoms with E-state index in [0.717, 1.165) is 31.3 Å². The number of nitrogens with one attached hydrogen (secondary N) is 1. The predicted octanol–water partition coefficient (Wildman–Crippen LogP) is 3.82. The Morgan fingerprint density at radius 2 is 1.77 bits per heavy atom. The minimum absolute atomic E-state index is 0. The first kappa shape index (κ1) is 21.2. The summed E-state index contributed by atoms with van der Waals surface area (Å²) in [5, 5.41) is 3.15. The quantitative estimate of drug-likeness (QED) is 0.651. The number of piperazine rings is 1. The van der Waals surface area contributed by atoms with Crippen molar-refractivity contribution in [2.45, 2.75) is 12.2 Å². The highest BCUT2D eigenvalue weighted by atomic mass is 35.5. The van der Waals surface area contributed by atoms with E-state index in [-0.39, 0.29) is 30.4 Å². The van der Waals surface area contributed by atoms with Crippen molar-refractivity contribution in [2.75, 3.05) is 26.2 Å². The van der Waals surface area contributed by atoms with Crippen LogP contribution in [0, 0.1) is 5.82 Å². The molecule has 2 rings (SSSR count). The third-order valence-electron chi connectivity index (χ3n) is 3.41. The fourth-order valence-electron chi connectivity index (χ4n) is 2.38. The van der Waals surface area contributed by atoms with Crippen LogP contribution in [0.4, 0.5) is 17.6 Å². The van der Waals surface area contributed by atoms with E-state index < -0.39 is 23.6 Å². The molecule has 0 spiro atoms. The molecular formula is C14H18Cl2F4N2. The van der Waals surface area contributed by atoms with Crippen molar-refractivity contribution in [1.29, 1.82) is 0 Å². The van der Waals surface area contributed by atoms with Gasteiger partial charge in [-0.2, -0.15) is 13.2 Å². The minimum Gasteiger partial charge on any atom is -0.314 e. The minimum atomic E-state index is -4.47. The summed E-state index contributed by atoms with van der Waals surface area (Å²) in [5.41, 5.74) is -0.812. The molecule has 0 unspecified atom stereocenters. The lowest BCUT2D eigenvalue weighted by molar-refractivity contribution is -0.137. The molecule has 0 bridgehead atoms. The second kappa shape index (κ2) is 8.72. The van der Waals surface area contributed by atoms with Gasteiger partial charge in [0.05, 0.1) is 11.6 Å². The molecule has 1 heterocycles. The van der Waals surface area contributed by atoms with Crippen LogP contribution in [0.5, 0.6) is 0 Å². The summed E-state index contributed by atoms with van der Waals surface area (Å²) < 4.78 is 52.1. The lowest BCUT2D eigenvalue weighted by Crippen LogP contribution is -2.44. The van der Waals surface area contributed by atoms with Gasteiger partial charge in [-0.05, 0) is 18.2 Å². The van der Waals surface area contributed by atoms with Gasteiger partial charge < -0.3 is 5.32 Å². The lowest BCUT2D eigenvalue weighted by Gasteiger charge is -2.33. The monoisotopic (exact) mass is 360 g/mol. The third kappa shape index (κ3) is 4.84. The third-order valence-corrected chi connectivity index (χ3v) is 3.41. The van der Waals surface area contributed by atoms with E-state index in [1.807, 2.05) is 4.90 Å². The Kier molecular flexibility index (Phi) is 8.39. The van der Waals surface area contributed by atoms with Crippen LogP contribution in [0.2, 0.25) is 0 Å². The zero-order valence-corrected chi connectivity index (χ0v) is 13.3. The first-order valence-corrected chi connectivity index (χ1v) is 6.37. The van der Waals surface area contributed by atoms with Crippen LogP contribution in [0.1, 0.15) is 17.2 Å². The molecule has 1 aromatic rings. The molecule has 1 fully saturated rings. The SMILES string of the molecule is C=C[C@H](c1cc(C(F)(F)F)ccc1F)N1CCNCC1.Cl.Cl. The van der Waals surface area contributed by atoms with Crippen LogP contribution in [-0.4, -0.2) is 31.1 Å². The standard InChI is InChI=1S/C14H16F4N2.2ClH/c1-2-13(20-7-5-19-6-8-20)11-9-10(14(16,17)18)3-4-12(11)15;;/h2-4,9,13,19H,1,5-8H2;2*1H/t13-;;/m1../s1. The second-order valence-corrected chi connectivity index (χ2v) is 4.70. The number of hydrogen-bond acceptors (Lipinski definition) is 2. The average Bonchev–Trinajstić information content (AvgIpc) is 2.41. The number of benzene rings is 1. The zero-order valence-electron chi connectivity index (χ0n) is 11.7. The van der Waals surface area contributed by atoms with Crippen molar-refractivity contribution >= 4 is 24.8 Å². The van der Waals surface area contributed by atoms with Gasteiger partial charge in [0.2, 0.25) is 0 Å². The van der Waals surface area contributed by atoms with Crippen LogP contribution in [0.25, 0.3) is 0 Å². The highest BCUT2D eigenvalue weighted by molar-refractivity contribution is 5.85. The van der Waals surface area contributed by atoms with Crippen molar-refractivity contribution < 1.29 is 17.6 Å². The van der Waals surface area contributed by atoms with Gasteiger partial charge in [0.1, 0.15) is 5.82 Å². The molecule has 0 radical (unpaired) electrons. The summed E-state index contributed by atoms with van der Waals surface area (Å²) in [4.78, 5) is 1.92. The topological polar surface area (TPSA) is 15.3 Å². The summed E-state index contributed by atoms with van der Waals surface area (Å²) in [6.07, 6.45) is -2.98. The molecule has 0 saturated carbocycles. The molecule has 0 aromatic heterocycles. The van der Waals surface area contributed by atoms with Crippen LogP contribution < -0.4 is 5.32 Å². The number of nitrogens with zero attached hydrogens (tertiary/aromatic N) is 1. The van der Waals surface area contributed by atoms with Crippen molar-refractivity contribution in [1.82, 2.24) is 10.2 Å². The van der Waals surface area contributed by atoms with Crippen molar-refractivity contribution in [3.05, 3.63) is 47.8 Å². The molecule has 0 aliphatic carbocycles. The molecule has 1 saturated heterocycles. The Hall–Kier alpha value is -0.820. The lowest BCUT2D eigenvalue weighted by atomic mass is 10.0. The molecule has 126 valence electrons. The normalized spacial score (nSPS) is 17.1. The van der Waals surface area contributed by atoms with E-state index >= 15 is 0 Å². The van der Waals surface area contributed by atoms with Gasteiger partial charge in [-0.1, -0.05) is 6.08 Å². The van der Waals surface area contributed by atoms with Gasteiger partial charge in [-0.15, -0.1) is 31.4 Å². The van der Waals surface area contributed by atoms with Gasteiger partial charge in [0.25, 0.3) is 0 Å². The number of rotatable bonds is 3. The summed E-state index contributed by atoms with van der Waals surface area (Å²) in [6, 6.07) is 1.97. The van der Waals surface area contributed by atoms with E-state index in [9.17, 15) is 17.6 Å². The van der Waals surface area contributed by atoms with Gasteiger partial charge in [-0.25, -0.2) is 4.39 Å². The molecule has 1 aliphatic rings. The molecule has 8 heteroatoms. The Balaban J connectivity index is 0.00000220. The number of alkyl halides is 3. The summed E-state index contributed by atoms with van der Waals surface area (Å²) in [7, 11) is 0. The van der Waals surface area contributed by atoms with Gasteiger partial charge >= 0.3 is 6.18 Å². The van der Waals surface area contributed by atoms with Gasteiger partial charge in [-0.3, -0.25) is 4.90 Å². The first-order chi connectivity index (χ1) is 9.43. The molecule has 0 amide bonds. The first-order valence-electron chi connectivity index (χ1n) is 6.37. The summed E-state index contributed by atoms with van der Waals surface area (Å²) in [6.45, 7) is 6.38. The van der Waals surface area contributed by atoms with Crippen molar-refractivity contribution in [3.63, 3.8) is 0 Å². The largest absolute Gasteiger partial charge is 0.416 e.